The van der Waals surface area contributed by atoms with Crippen molar-refractivity contribution in [2.24, 2.45) is 5.92 Å². The minimum Gasteiger partial charge on any atom is -0.487 e. The van der Waals surface area contributed by atoms with Crippen LogP contribution >= 0.6 is 0 Å². The SMILES string of the molecule is CC1(C)C[C@H](C(=O)NC[C@H]2Cc3cccc(-c4ccccc4C(F)(F)F)c3O2)CCO1. The Bertz CT molecular complexity index is 971. The number of rotatable bonds is 4. The number of alkyl halides is 3. The van der Waals surface area contributed by atoms with Gasteiger partial charge in [0.2, 0.25) is 5.91 Å². The summed E-state index contributed by atoms with van der Waals surface area (Å²) in [5.41, 5.74) is 0.361. The molecule has 0 spiro atoms. The van der Waals surface area contributed by atoms with Gasteiger partial charge in [0.15, 0.2) is 0 Å². The number of ether oxygens (including phenoxy) is 2. The van der Waals surface area contributed by atoms with E-state index in [1.54, 1.807) is 18.2 Å². The Kier molecular flexibility index (Phi) is 5.73. The Hall–Kier alpha value is -2.54. The molecule has 1 saturated heterocycles. The van der Waals surface area contributed by atoms with Crippen molar-refractivity contribution in [3.63, 3.8) is 0 Å². The number of carbonyl (C=O) groups is 1. The van der Waals surface area contributed by atoms with Crippen LogP contribution in [0.15, 0.2) is 42.5 Å². The molecule has 4 rings (SSSR count). The highest BCUT2D eigenvalue weighted by Gasteiger charge is 2.36. The fourth-order valence-electron chi connectivity index (χ4n) is 4.44. The van der Waals surface area contributed by atoms with Gasteiger partial charge < -0.3 is 14.8 Å². The molecule has 7 heteroatoms. The third kappa shape index (κ3) is 4.71. The third-order valence-corrected chi connectivity index (χ3v) is 5.92. The first kappa shape index (κ1) is 21.7. The van der Waals surface area contributed by atoms with Gasteiger partial charge in [0.1, 0.15) is 11.9 Å². The van der Waals surface area contributed by atoms with Gasteiger partial charge in [0.05, 0.1) is 17.7 Å². The van der Waals surface area contributed by atoms with Crippen LogP contribution in [-0.2, 0) is 22.1 Å². The lowest BCUT2D eigenvalue weighted by atomic mass is 9.88. The van der Waals surface area contributed by atoms with Crippen molar-refractivity contribution in [3.8, 4) is 16.9 Å². The zero-order valence-electron chi connectivity index (χ0n) is 17.6. The molecule has 0 saturated carbocycles. The molecule has 4 nitrogen and oxygen atoms in total. The fourth-order valence-corrected chi connectivity index (χ4v) is 4.44. The first-order valence-corrected chi connectivity index (χ1v) is 10.5. The van der Waals surface area contributed by atoms with Crippen molar-refractivity contribution in [1.82, 2.24) is 5.32 Å². The number of carbonyl (C=O) groups excluding carboxylic acids is 1. The monoisotopic (exact) mass is 433 g/mol. The minimum absolute atomic E-state index is 0.0291. The molecule has 2 aliphatic rings. The van der Waals surface area contributed by atoms with E-state index in [-0.39, 0.29) is 29.1 Å². The summed E-state index contributed by atoms with van der Waals surface area (Å²) in [5, 5.41) is 2.96. The highest BCUT2D eigenvalue weighted by molar-refractivity contribution is 5.79. The highest BCUT2D eigenvalue weighted by atomic mass is 19.4. The van der Waals surface area contributed by atoms with Crippen molar-refractivity contribution in [1.29, 1.82) is 0 Å². The topological polar surface area (TPSA) is 47.6 Å². The number of fused-ring (bicyclic) bond motifs is 1. The summed E-state index contributed by atoms with van der Waals surface area (Å²) < 4.78 is 52.2. The molecule has 2 aliphatic heterocycles. The van der Waals surface area contributed by atoms with Crippen molar-refractivity contribution in [2.45, 2.75) is 51.0 Å². The van der Waals surface area contributed by atoms with Crippen molar-refractivity contribution >= 4 is 5.91 Å². The molecule has 2 aromatic rings. The molecule has 0 radical (unpaired) electrons. The van der Waals surface area contributed by atoms with E-state index in [2.05, 4.69) is 5.32 Å². The van der Waals surface area contributed by atoms with Crippen LogP contribution in [0.25, 0.3) is 11.1 Å². The minimum atomic E-state index is -4.46. The Morgan fingerprint density at radius 3 is 2.61 bits per heavy atom. The Morgan fingerprint density at radius 2 is 1.87 bits per heavy atom. The van der Waals surface area contributed by atoms with Gasteiger partial charge in [-0.2, -0.15) is 13.2 Å². The maximum Gasteiger partial charge on any atom is 0.417 e. The number of hydrogen-bond acceptors (Lipinski definition) is 3. The second kappa shape index (κ2) is 8.19. The van der Waals surface area contributed by atoms with Gasteiger partial charge in [-0.15, -0.1) is 0 Å². The summed E-state index contributed by atoms with van der Waals surface area (Å²) >= 11 is 0. The number of hydrogen-bond donors (Lipinski definition) is 1. The van der Waals surface area contributed by atoms with Gasteiger partial charge in [0, 0.05) is 24.5 Å². The molecule has 2 atom stereocenters. The molecule has 2 aromatic carbocycles. The second-order valence-corrected chi connectivity index (χ2v) is 8.82. The van der Waals surface area contributed by atoms with E-state index in [1.165, 1.54) is 12.1 Å². The maximum atomic E-state index is 13.5. The van der Waals surface area contributed by atoms with Crippen LogP contribution in [0, 0.1) is 5.92 Å². The summed E-state index contributed by atoms with van der Waals surface area (Å²) in [5.74, 6) is 0.325. The van der Waals surface area contributed by atoms with Gasteiger partial charge in [-0.3, -0.25) is 4.79 Å². The molecule has 0 aliphatic carbocycles. The van der Waals surface area contributed by atoms with E-state index in [9.17, 15) is 18.0 Å². The standard InChI is InChI=1S/C24H26F3NO3/c1-23(2)13-16(10-11-30-23)22(29)28-14-17-12-15-6-5-8-19(21(15)31-17)18-7-3-4-9-20(18)24(25,26)27/h3-9,16-17H,10-14H2,1-2H3,(H,28,29)/t16-,17-/m1/s1. The normalized spacial score (nSPS) is 22.5. The third-order valence-electron chi connectivity index (χ3n) is 5.92. The molecule has 0 aromatic heterocycles. The van der Waals surface area contributed by atoms with Crippen LogP contribution in [0.3, 0.4) is 0 Å². The zero-order chi connectivity index (χ0) is 22.2. The van der Waals surface area contributed by atoms with E-state index in [0.717, 1.165) is 11.6 Å². The molecule has 0 unspecified atom stereocenters. The number of benzene rings is 2. The van der Waals surface area contributed by atoms with Gasteiger partial charge in [-0.1, -0.05) is 36.4 Å². The fraction of sp³-hybridized carbons (Fsp3) is 0.458. The average Bonchev–Trinajstić information content (AvgIpc) is 3.14. The molecule has 1 fully saturated rings. The lowest BCUT2D eigenvalue weighted by molar-refractivity contribution is -0.137. The molecule has 0 bridgehead atoms. The quantitative estimate of drug-likeness (QED) is 0.739. The number of halogens is 3. The van der Waals surface area contributed by atoms with Crippen LogP contribution in [0.2, 0.25) is 0 Å². The summed E-state index contributed by atoms with van der Waals surface area (Å²) in [6.07, 6.45) is -2.90. The Morgan fingerprint density at radius 1 is 1.13 bits per heavy atom. The molecule has 2 heterocycles. The van der Waals surface area contributed by atoms with Gasteiger partial charge >= 0.3 is 6.18 Å². The highest BCUT2D eigenvalue weighted by Crippen LogP contribution is 2.43. The predicted octanol–water partition coefficient (Wildman–Crippen LogP) is 5.00. The predicted molar refractivity (Wildman–Crippen MR) is 111 cm³/mol. The lowest BCUT2D eigenvalue weighted by Crippen LogP contribution is -2.43. The van der Waals surface area contributed by atoms with E-state index in [4.69, 9.17) is 9.47 Å². The van der Waals surface area contributed by atoms with Gasteiger partial charge in [-0.05, 0) is 43.9 Å². The van der Waals surface area contributed by atoms with E-state index < -0.39 is 11.7 Å². The molecule has 1 amide bonds. The summed E-state index contributed by atoms with van der Waals surface area (Å²) in [6, 6.07) is 10.8. The number of para-hydroxylation sites is 1. The van der Waals surface area contributed by atoms with Gasteiger partial charge in [0.25, 0.3) is 0 Å². The van der Waals surface area contributed by atoms with Crippen molar-refractivity contribution in [2.75, 3.05) is 13.2 Å². The molecule has 166 valence electrons. The van der Waals surface area contributed by atoms with Crippen LogP contribution in [0.4, 0.5) is 13.2 Å². The van der Waals surface area contributed by atoms with E-state index >= 15 is 0 Å². The van der Waals surface area contributed by atoms with Crippen LogP contribution in [-0.4, -0.2) is 30.8 Å². The Labute approximate surface area is 179 Å². The average molecular weight is 433 g/mol. The number of nitrogens with one attached hydrogen (secondary N) is 1. The Balaban J connectivity index is 1.47. The summed E-state index contributed by atoms with van der Waals surface area (Å²) in [6.45, 7) is 4.82. The van der Waals surface area contributed by atoms with E-state index in [0.29, 0.717) is 43.7 Å². The van der Waals surface area contributed by atoms with E-state index in [1.807, 2.05) is 19.9 Å². The lowest BCUT2D eigenvalue weighted by Gasteiger charge is -2.34. The molecule has 1 N–H and O–H groups in total. The smallest absolute Gasteiger partial charge is 0.417 e. The molecular weight excluding hydrogens is 407 g/mol. The molecule has 31 heavy (non-hydrogen) atoms. The zero-order valence-corrected chi connectivity index (χ0v) is 17.6. The molecular formula is C24H26F3NO3. The van der Waals surface area contributed by atoms with Crippen molar-refractivity contribution < 1.29 is 27.4 Å². The number of amides is 1. The van der Waals surface area contributed by atoms with Crippen LogP contribution < -0.4 is 10.1 Å². The van der Waals surface area contributed by atoms with Crippen LogP contribution in [0.1, 0.15) is 37.8 Å². The first-order chi connectivity index (χ1) is 14.6. The summed E-state index contributed by atoms with van der Waals surface area (Å²) in [4.78, 5) is 12.6. The second-order valence-electron chi connectivity index (χ2n) is 8.82. The first-order valence-electron chi connectivity index (χ1n) is 10.5. The largest absolute Gasteiger partial charge is 0.487 e. The van der Waals surface area contributed by atoms with Gasteiger partial charge in [-0.25, -0.2) is 0 Å². The summed E-state index contributed by atoms with van der Waals surface area (Å²) in [7, 11) is 0. The van der Waals surface area contributed by atoms with Crippen molar-refractivity contribution in [3.05, 3.63) is 53.6 Å². The maximum absolute atomic E-state index is 13.5. The van der Waals surface area contributed by atoms with Crippen LogP contribution in [0.5, 0.6) is 5.75 Å².